The van der Waals surface area contributed by atoms with Gasteiger partial charge in [-0.2, -0.15) is 0 Å². The normalized spacial score (nSPS) is 12.9. The zero-order valence-corrected chi connectivity index (χ0v) is 30.4. The molecule has 0 heterocycles. The van der Waals surface area contributed by atoms with E-state index in [1.165, 1.54) is 18.7 Å². The van der Waals surface area contributed by atoms with Crippen LogP contribution in [0.4, 0.5) is 17.6 Å². The molecule has 2 rings (SSSR count). The molecule has 0 saturated carbocycles. The SMILES string of the molecule is CCCC[C@H](NC(=O)[C@H](C)NC(=O)Cc1cc(F)cc(F)c1)C(=O)N(C)C.CCCC[C@H](NC(=O)[C@H](C)NC(=O)Cc1cc(F)cc(F)c1)C(N)=O. The highest BCUT2D eigenvalue weighted by Crippen LogP contribution is 2.10. The molecule has 6 amide bonds. The molecule has 2 aromatic carbocycles. The molecule has 2 aromatic rings. The maximum Gasteiger partial charge on any atom is 0.244 e. The van der Waals surface area contributed by atoms with Crippen molar-refractivity contribution in [2.75, 3.05) is 14.1 Å². The highest BCUT2D eigenvalue weighted by atomic mass is 19.1. The molecular formula is C36H50F4N6O6. The summed E-state index contributed by atoms with van der Waals surface area (Å²) in [5.41, 5.74) is 5.57. The molecule has 16 heteroatoms. The van der Waals surface area contributed by atoms with E-state index in [1.807, 2.05) is 13.8 Å². The van der Waals surface area contributed by atoms with Gasteiger partial charge < -0.3 is 31.9 Å². The van der Waals surface area contributed by atoms with Crippen LogP contribution in [0.25, 0.3) is 0 Å². The number of nitrogens with zero attached hydrogens (tertiary/aromatic N) is 1. The molecule has 6 N–H and O–H groups in total. The van der Waals surface area contributed by atoms with Crippen LogP contribution in [0.1, 0.15) is 77.3 Å². The van der Waals surface area contributed by atoms with Gasteiger partial charge in [0.15, 0.2) is 0 Å². The average molecular weight is 739 g/mol. The molecule has 4 atom stereocenters. The van der Waals surface area contributed by atoms with E-state index in [0.717, 1.165) is 56.0 Å². The molecule has 0 aliphatic rings. The first-order valence-electron chi connectivity index (χ1n) is 17.0. The molecule has 0 bridgehead atoms. The fraction of sp³-hybridized carbons (Fsp3) is 0.500. The van der Waals surface area contributed by atoms with E-state index in [9.17, 15) is 46.3 Å². The van der Waals surface area contributed by atoms with E-state index in [-0.39, 0.29) is 29.9 Å². The Balaban J connectivity index is 0.000000522. The second kappa shape index (κ2) is 22.7. The van der Waals surface area contributed by atoms with E-state index in [0.29, 0.717) is 18.9 Å². The van der Waals surface area contributed by atoms with Crippen molar-refractivity contribution in [3.05, 3.63) is 70.8 Å². The molecule has 0 aliphatic carbocycles. The van der Waals surface area contributed by atoms with Crippen molar-refractivity contribution in [1.82, 2.24) is 26.2 Å². The summed E-state index contributed by atoms with van der Waals surface area (Å²) >= 11 is 0. The lowest BCUT2D eigenvalue weighted by Crippen LogP contribution is -2.52. The van der Waals surface area contributed by atoms with Crippen LogP contribution in [0.5, 0.6) is 0 Å². The molecule has 12 nitrogen and oxygen atoms in total. The van der Waals surface area contributed by atoms with Crippen molar-refractivity contribution in [2.24, 2.45) is 5.73 Å². The maximum absolute atomic E-state index is 13.2. The molecule has 0 radical (unpaired) electrons. The Kier molecular flexibility index (Phi) is 19.7. The number of carbonyl (C=O) groups is 6. The molecule has 52 heavy (non-hydrogen) atoms. The summed E-state index contributed by atoms with van der Waals surface area (Å²) in [6.45, 7) is 6.85. The Morgan fingerprint density at radius 3 is 1.29 bits per heavy atom. The van der Waals surface area contributed by atoms with Crippen molar-refractivity contribution in [1.29, 1.82) is 0 Å². The lowest BCUT2D eigenvalue weighted by atomic mass is 10.1. The first-order valence-corrected chi connectivity index (χ1v) is 17.0. The van der Waals surface area contributed by atoms with Crippen molar-refractivity contribution in [2.45, 2.75) is 103 Å². The third kappa shape index (κ3) is 17.3. The van der Waals surface area contributed by atoms with Crippen LogP contribution in [0.2, 0.25) is 0 Å². The number of hydrogen-bond acceptors (Lipinski definition) is 6. The number of nitrogens with one attached hydrogen (secondary N) is 4. The molecule has 288 valence electrons. The van der Waals surface area contributed by atoms with Gasteiger partial charge >= 0.3 is 0 Å². The topological polar surface area (TPSA) is 180 Å². The zero-order chi connectivity index (χ0) is 39.5. The molecule has 0 fully saturated rings. The van der Waals surface area contributed by atoms with Gasteiger partial charge in [-0.25, -0.2) is 17.6 Å². The van der Waals surface area contributed by atoms with Gasteiger partial charge in [-0.05, 0) is 62.1 Å². The highest BCUT2D eigenvalue weighted by Gasteiger charge is 2.25. The Morgan fingerprint density at radius 1 is 0.615 bits per heavy atom. The number of benzene rings is 2. The van der Waals surface area contributed by atoms with Crippen LogP contribution in [-0.2, 0) is 41.6 Å². The van der Waals surface area contributed by atoms with Crippen LogP contribution in [-0.4, -0.2) is 78.6 Å². The third-order valence-electron chi connectivity index (χ3n) is 7.52. The minimum Gasteiger partial charge on any atom is -0.368 e. The summed E-state index contributed by atoms with van der Waals surface area (Å²) in [4.78, 5) is 73.3. The number of carbonyl (C=O) groups excluding carboxylic acids is 6. The summed E-state index contributed by atoms with van der Waals surface area (Å²) in [6, 6.07) is 2.35. The number of rotatable bonds is 18. The van der Waals surface area contributed by atoms with Gasteiger partial charge in [0.2, 0.25) is 35.4 Å². The van der Waals surface area contributed by atoms with Gasteiger partial charge in [0.05, 0.1) is 12.8 Å². The Hall–Kier alpha value is -5.02. The number of unbranched alkanes of at least 4 members (excludes halogenated alkanes) is 2. The second-order valence-corrected chi connectivity index (χ2v) is 12.5. The fourth-order valence-electron chi connectivity index (χ4n) is 4.78. The van der Waals surface area contributed by atoms with Gasteiger partial charge in [0, 0.05) is 26.2 Å². The quantitative estimate of drug-likeness (QED) is 0.147. The van der Waals surface area contributed by atoms with Crippen molar-refractivity contribution < 1.29 is 46.3 Å². The van der Waals surface area contributed by atoms with E-state index in [4.69, 9.17) is 5.73 Å². The number of halogens is 4. The first kappa shape index (κ1) is 45.0. The summed E-state index contributed by atoms with van der Waals surface area (Å²) < 4.78 is 52.6. The van der Waals surface area contributed by atoms with Crippen LogP contribution in [0, 0.1) is 23.3 Å². The maximum atomic E-state index is 13.2. The van der Waals surface area contributed by atoms with Crippen molar-refractivity contribution in [3.8, 4) is 0 Å². The zero-order valence-electron chi connectivity index (χ0n) is 30.4. The van der Waals surface area contributed by atoms with Crippen LogP contribution in [0.3, 0.4) is 0 Å². The lowest BCUT2D eigenvalue weighted by molar-refractivity contribution is -0.135. The van der Waals surface area contributed by atoms with E-state index < -0.39 is 77.0 Å². The van der Waals surface area contributed by atoms with E-state index in [1.54, 1.807) is 14.1 Å². The van der Waals surface area contributed by atoms with Crippen LogP contribution >= 0.6 is 0 Å². The summed E-state index contributed by atoms with van der Waals surface area (Å²) in [7, 11) is 3.22. The van der Waals surface area contributed by atoms with Crippen LogP contribution in [0.15, 0.2) is 36.4 Å². The standard InChI is InChI=1S/C19H27F2N3O3.C17H23F2N3O3/c1-5-6-7-16(19(27)24(3)4)23-18(26)12(2)22-17(25)10-13-8-14(20)11-15(21)9-13;1-3-4-5-14(16(20)24)22-17(25)10(2)21-15(23)8-11-6-12(18)9-13(19)7-11/h8-9,11-12,16H,5-7,10H2,1-4H3,(H,22,25)(H,23,26);6-7,9-10,14H,3-5,8H2,1-2H3,(H2,20,24)(H,21,23)(H,22,25)/t12-,16-;10-,14-/m00/s1. The van der Waals surface area contributed by atoms with Crippen LogP contribution < -0.4 is 27.0 Å². The lowest BCUT2D eigenvalue weighted by Gasteiger charge is -2.23. The van der Waals surface area contributed by atoms with Gasteiger partial charge in [-0.1, -0.05) is 39.5 Å². The third-order valence-corrected chi connectivity index (χ3v) is 7.52. The van der Waals surface area contributed by atoms with E-state index >= 15 is 0 Å². The molecule has 0 unspecified atom stereocenters. The summed E-state index contributed by atoms with van der Waals surface area (Å²) in [5.74, 6) is -6.15. The number of hydrogen-bond donors (Lipinski definition) is 5. The highest BCUT2D eigenvalue weighted by molar-refractivity contribution is 5.92. The van der Waals surface area contributed by atoms with Crippen molar-refractivity contribution in [3.63, 3.8) is 0 Å². The smallest absolute Gasteiger partial charge is 0.244 e. The summed E-state index contributed by atoms with van der Waals surface area (Å²) in [6.07, 6.45) is 3.60. The molecular weight excluding hydrogens is 688 g/mol. The molecule has 0 aliphatic heterocycles. The molecule has 0 spiro atoms. The van der Waals surface area contributed by atoms with Gasteiger partial charge in [0.1, 0.15) is 47.4 Å². The van der Waals surface area contributed by atoms with Gasteiger partial charge in [-0.15, -0.1) is 0 Å². The largest absolute Gasteiger partial charge is 0.368 e. The minimum atomic E-state index is -0.922. The predicted molar refractivity (Wildman–Crippen MR) is 186 cm³/mol. The van der Waals surface area contributed by atoms with E-state index in [2.05, 4.69) is 21.3 Å². The Bertz CT molecular complexity index is 1500. The summed E-state index contributed by atoms with van der Waals surface area (Å²) in [5, 5.41) is 10.0. The van der Waals surface area contributed by atoms with Crippen molar-refractivity contribution >= 4 is 35.4 Å². The fourth-order valence-corrected chi connectivity index (χ4v) is 4.78. The Morgan fingerprint density at radius 2 is 0.962 bits per heavy atom. The second-order valence-electron chi connectivity index (χ2n) is 12.5. The first-order chi connectivity index (χ1) is 24.4. The van der Waals surface area contributed by atoms with Gasteiger partial charge in [0.25, 0.3) is 0 Å². The monoisotopic (exact) mass is 738 g/mol. The number of nitrogens with two attached hydrogens (primary N) is 1. The molecule has 0 aromatic heterocycles. The number of likely N-dealkylation sites (N-methyl/N-ethyl adjacent to an activating group) is 1. The number of amides is 6. The average Bonchev–Trinajstić information content (AvgIpc) is 3.03. The predicted octanol–water partition coefficient (Wildman–Crippen LogP) is 2.95. The number of primary amides is 1. The van der Waals surface area contributed by atoms with Gasteiger partial charge in [-0.3, -0.25) is 28.8 Å². The minimum absolute atomic E-state index is 0.153. The Labute approximate surface area is 301 Å². The molecule has 0 saturated heterocycles.